The molecule has 0 saturated carbocycles. The van der Waals surface area contributed by atoms with Crippen LogP contribution in [0.1, 0.15) is 23.5 Å². The van der Waals surface area contributed by atoms with Crippen LogP contribution >= 0.6 is 12.4 Å². The summed E-state index contributed by atoms with van der Waals surface area (Å²) in [6.07, 6.45) is 1.85. The maximum Gasteiger partial charge on any atom is 0.230 e. The normalized spacial score (nSPS) is 25.8. The van der Waals surface area contributed by atoms with Gasteiger partial charge in [0.05, 0.1) is 5.92 Å². The van der Waals surface area contributed by atoms with Gasteiger partial charge >= 0.3 is 0 Å². The summed E-state index contributed by atoms with van der Waals surface area (Å²) in [5.74, 6) is 0.369. The van der Waals surface area contributed by atoms with Crippen LogP contribution in [0, 0.1) is 0 Å². The fourth-order valence-corrected chi connectivity index (χ4v) is 2.69. The zero-order valence-corrected chi connectivity index (χ0v) is 10.5. The molecule has 1 aromatic rings. The van der Waals surface area contributed by atoms with Crippen molar-refractivity contribution in [2.45, 2.75) is 24.8 Å². The van der Waals surface area contributed by atoms with Crippen molar-refractivity contribution >= 4 is 18.3 Å². The molecule has 3 rings (SSSR count). The molecule has 1 aliphatic carbocycles. The third kappa shape index (κ3) is 2.05. The third-order valence-electron chi connectivity index (χ3n) is 3.69. The van der Waals surface area contributed by atoms with Crippen molar-refractivity contribution < 1.29 is 4.79 Å². The van der Waals surface area contributed by atoms with Crippen LogP contribution in [0.3, 0.4) is 0 Å². The minimum absolute atomic E-state index is 0. The molecule has 0 radical (unpaired) electrons. The van der Waals surface area contributed by atoms with Crippen LogP contribution < -0.4 is 5.73 Å². The lowest BCUT2D eigenvalue weighted by Gasteiger charge is -2.32. The van der Waals surface area contributed by atoms with Crippen LogP contribution in [0.2, 0.25) is 0 Å². The van der Waals surface area contributed by atoms with Crippen molar-refractivity contribution in [3.05, 3.63) is 35.4 Å². The highest BCUT2D eigenvalue weighted by molar-refractivity contribution is 5.87. The van der Waals surface area contributed by atoms with E-state index in [9.17, 15) is 4.79 Å². The van der Waals surface area contributed by atoms with E-state index in [0.717, 1.165) is 25.9 Å². The smallest absolute Gasteiger partial charge is 0.230 e. The fourth-order valence-electron chi connectivity index (χ4n) is 2.69. The van der Waals surface area contributed by atoms with Crippen LogP contribution in [0.15, 0.2) is 24.3 Å². The van der Waals surface area contributed by atoms with Gasteiger partial charge < -0.3 is 10.6 Å². The van der Waals surface area contributed by atoms with E-state index < -0.39 is 0 Å². The Labute approximate surface area is 107 Å². The summed E-state index contributed by atoms with van der Waals surface area (Å²) < 4.78 is 0. The van der Waals surface area contributed by atoms with Crippen LogP contribution in [-0.2, 0) is 11.2 Å². The monoisotopic (exact) mass is 252 g/mol. The molecule has 2 unspecified atom stereocenters. The summed E-state index contributed by atoms with van der Waals surface area (Å²) in [5, 5.41) is 0. The zero-order valence-electron chi connectivity index (χ0n) is 9.63. The van der Waals surface area contributed by atoms with Crippen molar-refractivity contribution in [1.29, 1.82) is 0 Å². The largest absolute Gasteiger partial charge is 0.341 e. The Morgan fingerprint density at radius 1 is 1.35 bits per heavy atom. The van der Waals surface area contributed by atoms with E-state index in [0.29, 0.717) is 0 Å². The minimum atomic E-state index is 0. The molecule has 1 saturated heterocycles. The number of hydrogen-bond acceptors (Lipinski definition) is 2. The molecule has 1 amide bonds. The van der Waals surface area contributed by atoms with E-state index in [4.69, 9.17) is 5.73 Å². The molecule has 0 spiro atoms. The maximum absolute atomic E-state index is 12.2. The van der Waals surface area contributed by atoms with Crippen molar-refractivity contribution in [2.75, 3.05) is 13.1 Å². The standard InChI is InChI=1S/C13H16N2O.ClH/c14-10-5-6-15(8-10)13(16)12-7-9-3-1-2-4-11(9)12;/h1-4,10,12H,5-8,14H2;1H. The number of hydrogen-bond donors (Lipinski definition) is 1. The van der Waals surface area contributed by atoms with Gasteiger partial charge in [-0.05, 0) is 24.0 Å². The van der Waals surface area contributed by atoms with E-state index in [1.165, 1.54) is 11.1 Å². The predicted molar refractivity (Wildman–Crippen MR) is 69.3 cm³/mol. The van der Waals surface area contributed by atoms with Crippen LogP contribution in [0.5, 0.6) is 0 Å². The number of rotatable bonds is 1. The van der Waals surface area contributed by atoms with Gasteiger partial charge in [-0.2, -0.15) is 0 Å². The molecule has 2 aliphatic rings. The highest BCUT2D eigenvalue weighted by atomic mass is 35.5. The molecule has 17 heavy (non-hydrogen) atoms. The second-order valence-electron chi connectivity index (χ2n) is 4.79. The molecule has 4 heteroatoms. The van der Waals surface area contributed by atoms with E-state index in [1.807, 2.05) is 17.0 Å². The van der Waals surface area contributed by atoms with Gasteiger partial charge in [0.2, 0.25) is 5.91 Å². The first kappa shape index (κ1) is 12.4. The predicted octanol–water partition coefficient (Wildman–Crippen LogP) is 1.31. The molecule has 1 aromatic carbocycles. The Hall–Kier alpha value is -1.06. The van der Waals surface area contributed by atoms with Gasteiger partial charge in [-0.1, -0.05) is 24.3 Å². The Morgan fingerprint density at radius 3 is 2.76 bits per heavy atom. The first-order chi connectivity index (χ1) is 7.75. The molecule has 1 aliphatic heterocycles. The lowest BCUT2D eigenvalue weighted by atomic mass is 9.77. The van der Waals surface area contributed by atoms with Crippen LogP contribution in [0.25, 0.3) is 0 Å². The molecule has 92 valence electrons. The second kappa shape index (κ2) is 4.67. The summed E-state index contributed by atoms with van der Waals surface area (Å²) in [4.78, 5) is 14.1. The SMILES string of the molecule is Cl.NC1CCN(C(=O)C2Cc3ccccc32)C1. The molecule has 1 heterocycles. The van der Waals surface area contributed by atoms with Crippen molar-refractivity contribution in [3.8, 4) is 0 Å². The number of benzene rings is 1. The molecular formula is C13H17ClN2O. The topological polar surface area (TPSA) is 46.3 Å². The molecule has 2 N–H and O–H groups in total. The highest BCUT2D eigenvalue weighted by Gasteiger charge is 2.36. The average Bonchev–Trinajstić information content (AvgIpc) is 2.67. The molecule has 3 nitrogen and oxygen atoms in total. The lowest BCUT2D eigenvalue weighted by molar-refractivity contribution is -0.132. The van der Waals surface area contributed by atoms with Gasteiger partial charge in [-0.25, -0.2) is 0 Å². The lowest BCUT2D eigenvalue weighted by Crippen LogP contribution is -2.39. The summed E-state index contributed by atoms with van der Waals surface area (Å²) in [6, 6.07) is 8.39. The van der Waals surface area contributed by atoms with Gasteiger partial charge in [0.25, 0.3) is 0 Å². The number of carbonyl (C=O) groups excluding carboxylic acids is 1. The summed E-state index contributed by atoms with van der Waals surface area (Å²) in [6.45, 7) is 1.57. The average molecular weight is 253 g/mol. The second-order valence-corrected chi connectivity index (χ2v) is 4.79. The zero-order chi connectivity index (χ0) is 11.1. The van der Waals surface area contributed by atoms with Crippen molar-refractivity contribution in [3.63, 3.8) is 0 Å². The van der Waals surface area contributed by atoms with E-state index in [-0.39, 0.29) is 30.3 Å². The first-order valence-electron chi connectivity index (χ1n) is 5.88. The first-order valence-corrected chi connectivity index (χ1v) is 5.88. The van der Waals surface area contributed by atoms with E-state index in [1.54, 1.807) is 0 Å². The molecule has 0 bridgehead atoms. The minimum Gasteiger partial charge on any atom is -0.341 e. The summed E-state index contributed by atoms with van der Waals surface area (Å²) >= 11 is 0. The number of halogens is 1. The fraction of sp³-hybridized carbons (Fsp3) is 0.462. The number of likely N-dealkylation sites (tertiary alicyclic amines) is 1. The van der Waals surface area contributed by atoms with Gasteiger partial charge in [0.15, 0.2) is 0 Å². The Kier molecular flexibility index (Phi) is 3.40. The third-order valence-corrected chi connectivity index (χ3v) is 3.69. The van der Waals surface area contributed by atoms with Crippen molar-refractivity contribution in [1.82, 2.24) is 4.90 Å². The molecule has 1 fully saturated rings. The van der Waals surface area contributed by atoms with Gasteiger partial charge in [-0.15, -0.1) is 12.4 Å². The molecule has 0 aromatic heterocycles. The quantitative estimate of drug-likeness (QED) is 0.819. The van der Waals surface area contributed by atoms with Crippen molar-refractivity contribution in [2.24, 2.45) is 5.73 Å². The Morgan fingerprint density at radius 2 is 2.12 bits per heavy atom. The Bertz CT molecular complexity index is 435. The summed E-state index contributed by atoms with van der Waals surface area (Å²) in [7, 11) is 0. The highest BCUT2D eigenvalue weighted by Crippen LogP contribution is 2.36. The van der Waals surface area contributed by atoms with Gasteiger partial charge in [0, 0.05) is 19.1 Å². The number of fused-ring (bicyclic) bond motifs is 1. The van der Waals surface area contributed by atoms with E-state index >= 15 is 0 Å². The summed E-state index contributed by atoms with van der Waals surface area (Å²) in [5.41, 5.74) is 8.36. The number of amides is 1. The maximum atomic E-state index is 12.2. The number of carbonyl (C=O) groups is 1. The molecule has 2 atom stereocenters. The van der Waals surface area contributed by atoms with Gasteiger partial charge in [-0.3, -0.25) is 4.79 Å². The van der Waals surface area contributed by atoms with Crippen LogP contribution in [0.4, 0.5) is 0 Å². The van der Waals surface area contributed by atoms with Crippen LogP contribution in [-0.4, -0.2) is 29.9 Å². The van der Waals surface area contributed by atoms with E-state index in [2.05, 4.69) is 12.1 Å². The molecular weight excluding hydrogens is 236 g/mol. The Balaban J connectivity index is 0.00000108. The van der Waals surface area contributed by atoms with Gasteiger partial charge in [0.1, 0.15) is 0 Å². The number of nitrogens with two attached hydrogens (primary N) is 1. The number of nitrogens with zero attached hydrogens (tertiary/aromatic N) is 1.